The maximum absolute atomic E-state index is 11.4. The standard InChI is InChI=1S/C14H21NO3S/c1-12-3-5-14(6-4-12)18-9-8-15(2)13-7-10-19(16,17)11-13/h3-6,13H,7-11H2,1-2H3/t13-/m1/s1. The largest absolute Gasteiger partial charge is 0.492 e. The van der Waals surface area contributed by atoms with Gasteiger partial charge in [-0.15, -0.1) is 0 Å². The molecule has 19 heavy (non-hydrogen) atoms. The highest BCUT2D eigenvalue weighted by atomic mass is 32.2. The third kappa shape index (κ3) is 4.21. The molecule has 0 amide bonds. The van der Waals surface area contributed by atoms with E-state index in [0.717, 1.165) is 18.7 Å². The highest BCUT2D eigenvalue weighted by Crippen LogP contribution is 2.16. The second-order valence-corrected chi connectivity index (χ2v) is 7.43. The number of hydrogen-bond donors (Lipinski definition) is 0. The summed E-state index contributed by atoms with van der Waals surface area (Å²) in [5.41, 5.74) is 1.21. The number of benzene rings is 1. The summed E-state index contributed by atoms with van der Waals surface area (Å²) in [6, 6.07) is 8.09. The third-order valence-electron chi connectivity index (χ3n) is 3.57. The zero-order chi connectivity index (χ0) is 13.9. The molecule has 4 nitrogen and oxygen atoms in total. The fourth-order valence-corrected chi connectivity index (χ4v) is 4.05. The normalized spacial score (nSPS) is 21.7. The average Bonchev–Trinajstić information content (AvgIpc) is 2.72. The van der Waals surface area contributed by atoms with Crippen LogP contribution in [0, 0.1) is 6.92 Å². The average molecular weight is 283 g/mol. The first-order valence-corrected chi connectivity index (χ1v) is 8.38. The molecule has 106 valence electrons. The van der Waals surface area contributed by atoms with Gasteiger partial charge >= 0.3 is 0 Å². The molecule has 0 spiro atoms. The minimum absolute atomic E-state index is 0.145. The van der Waals surface area contributed by atoms with Gasteiger partial charge in [0.2, 0.25) is 0 Å². The van der Waals surface area contributed by atoms with Crippen molar-refractivity contribution in [3.05, 3.63) is 29.8 Å². The number of likely N-dealkylation sites (N-methyl/N-ethyl adjacent to an activating group) is 1. The Morgan fingerprint density at radius 2 is 2.00 bits per heavy atom. The minimum atomic E-state index is -2.80. The maximum atomic E-state index is 11.4. The molecule has 0 radical (unpaired) electrons. The first-order valence-electron chi connectivity index (χ1n) is 6.56. The molecule has 1 aromatic rings. The molecule has 0 aromatic heterocycles. The lowest BCUT2D eigenvalue weighted by Gasteiger charge is -2.22. The summed E-state index contributed by atoms with van der Waals surface area (Å²) >= 11 is 0. The van der Waals surface area contributed by atoms with Gasteiger partial charge in [0.25, 0.3) is 0 Å². The van der Waals surface area contributed by atoms with Crippen molar-refractivity contribution in [2.75, 3.05) is 31.7 Å². The molecule has 2 rings (SSSR count). The van der Waals surface area contributed by atoms with Gasteiger partial charge in [-0.2, -0.15) is 0 Å². The number of ether oxygens (including phenoxy) is 1. The van der Waals surface area contributed by atoms with E-state index in [-0.39, 0.29) is 11.8 Å². The molecule has 0 aliphatic carbocycles. The van der Waals surface area contributed by atoms with Crippen LogP contribution in [-0.4, -0.2) is 51.1 Å². The first-order chi connectivity index (χ1) is 8.96. The van der Waals surface area contributed by atoms with E-state index < -0.39 is 9.84 Å². The van der Waals surface area contributed by atoms with Crippen LogP contribution in [0.15, 0.2) is 24.3 Å². The minimum Gasteiger partial charge on any atom is -0.492 e. The van der Waals surface area contributed by atoms with Crippen LogP contribution < -0.4 is 4.74 Å². The van der Waals surface area contributed by atoms with Crippen LogP contribution in [0.25, 0.3) is 0 Å². The van der Waals surface area contributed by atoms with Gasteiger partial charge < -0.3 is 4.74 Å². The van der Waals surface area contributed by atoms with Crippen LogP contribution in [0.3, 0.4) is 0 Å². The molecule has 0 saturated carbocycles. The zero-order valence-corrected chi connectivity index (χ0v) is 12.3. The molecule has 0 bridgehead atoms. The van der Waals surface area contributed by atoms with E-state index in [1.54, 1.807) is 0 Å². The maximum Gasteiger partial charge on any atom is 0.151 e. The van der Waals surface area contributed by atoms with Gasteiger partial charge in [0.1, 0.15) is 12.4 Å². The monoisotopic (exact) mass is 283 g/mol. The Morgan fingerprint density at radius 3 is 2.58 bits per heavy atom. The fraction of sp³-hybridized carbons (Fsp3) is 0.571. The van der Waals surface area contributed by atoms with E-state index in [1.165, 1.54) is 5.56 Å². The third-order valence-corrected chi connectivity index (χ3v) is 5.32. The molecule has 1 heterocycles. The lowest BCUT2D eigenvalue weighted by molar-refractivity contribution is 0.202. The van der Waals surface area contributed by atoms with E-state index in [2.05, 4.69) is 4.90 Å². The molecule has 1 aliphatic rings. The SMILES string of the molecule is Cc1ccc(OCCN(C)[C@@H]2CCS(=O)(=O)C2)cc1. The molecule has 1 atom stereocenters. The quantitative estimate of drug-likeness (QED) is 0.821. The molecule has 1 aromatic carbocycles. The van der Waals surface area contributed by atoms with Crippen molar-refractivity contribution in [1.29, 1.82) is 0 Å². The molecule has 1 fully saturated rings. The van der Waals surface area contributed by atoms with Crippen LogP contribution in [0.4, 0.5) is 0 Å². The van der Waals surface area contributed by atoms with E-state index in [0.29, 0.717) is 12.4 Å². The van der Waals surface area contributed by atoms with E-state index in [9.17, 15) is 8.42 Å². The lowest BCUT2D eigenvalue weighted by Crippen LogP contribution is -2.35. The van der Waals surface area contributed by atoms with Crippen LogP contribution in [-0.2, 0) is 9.84 Å². The summed E-state index contributed by atoms with van der Waals surface area (Å²) in [7, 11) is -0.843. The highest BCUT2D eigenvalue weighted by Gasteiger charge is 2.30. The van der Waals surface area contributed by atoms with Crippen molar-refractivity contribution < 1.29 is 13.2 Å². The van der Waals surface area contributed by atoms with E-state index >= 15 is 0 Å². The summed E-state index contributed by atoms with van der Waals surface area (Å²) in [6.07, 6.45) is 0.739. The molecule has 5 heteroatoms. The summed E-state index contributed by atoms with van der Waals surface area (Å²) in [5.74, 6) is 1.47. The second kappa shape index (κ2) is 5.92. The molecule has 1 saturated heterocycles. The van der Waals surface area contributed by atoms with Crippen LogP contribution in [0.5, 0.6) is 5.75 Å². The van der Waals surface area contributed by atoms with Gasteiger partial charge in [-0.05, 0) is 32.5 Å². The van der Waals surface area contributed by atoms with Gasteiger partial charge in [-0.1, -0.05) is 17.7 Å². The predicted octanol–water partition coefficient (Wildman–Crippen LogP) is 1.49. The van der Waals surface area contributed by atoms with Crippen molar-refractivity contribution >= 4 is 9.84 Å². The predicted molar refractivity (Wildman–Crippen MR) is 76.4 cm³/mol. The molecule has 0 unspecified atom stereocenters. The van der Waals surface area contributed by atoms with Crippen molar-refractivity contribution in [2.45, 2.75) is 19.4 Å². The Hall–Kier alpha value is -1.07. The van der Waals surface area contributed by atoms with Crippen molar-refractivity contribution in [2.24, 2.45) is 0 Å². The number of nitrogens with zero attached hydrogens (tertiary/aromatic N) is 1. The van der Waals surface area contributed by atoms with Crippen LogP contribution in [0.1, 0.15) is 12.0 Å². The van der Waals surface area contributed by atoms with Crippen LogP contribution in [0.2, 0.25) is 0 Å². The Kier molecular flexibility index (Phi) is 4.47. The van der Waals surface area contributed by atoms with Gasteiger partial charge in [0.05, 0.1) is 11.5 Å². The summed E-state index contributed by atoms with van der Waals surface area (Å²) in [6.45, 7) is 3.36. The molecular weight excluding hydrogens is 262 g/mol. The number of hydrogen-bond acceptors (Lipinski definition) is 4. The summed E-state index contributed by atoms with van der Waals surface area (Å²) in [4.78, 5) is 2.08. The number of sulfone groups is 1. The van der Waals surface area contributed by atoms with Gasteiger partial charge in [0, 0.05) is 12.6 Å². The molecule has 1 aliphatic heterocycles. The highest BCUT2D eigenvalue weighted by molar-refractivity contribution is 7.91. The van der Waals surface area contributed by atoms with Crippen molar-refractivity contribution in [3.63, 3.8) is 0 Å². The van der Waals surface area contributed by atoms with Crippen molar-refractivity contribution in [3.8, 4) is 5.75 Å². The van der Waals surface area contributed by atoms with E-state index in [4.69, 9.17) is 4.74 Å². The topological polar surface area (TPSA) is 46.6 Å². The summed E-state index contributed by atoms with van der Waals surface area (Å²) in [5, 5.41) is 0. The van der Waals surface area contributed by atoms with E-state index in [1.807, 2.05) is 38.2 Å². The molecular formula is C14H21NO3S. The fourth-order valence-electron chi connectivity index (χ4n) is 2.25. The Labute approximate surface area is 115 Å². The van der Waals surface area contributed by atoms with Gasteiger partial charge in [-0.25, -0.2) is 8.42 Å². The second-order valence-electron chi connectivity index (χ2n) is 5.20. The number of aryl methyl sites for hydroxylation is 1. The van der Waals surface area contributed by atoms with Gasteiger partial charge in [-0.3, -0.25) is 4.90 Å². The Bertz CT molecular complexity index is 510. The molecule has 0 N–H and O–H groups in total. The summed E-state index contributed by atoms with van der Waals surface area (Å²) < 4.78 is 28.5. The number of rotatable bonds is 5. The zero-order valence-electron chi connectivity index (χ0n) is 11.5. The first kappa shape index (κ1) is 14.3. The van der Waals surface area contributed by atoms with Crippen molar-refractivity contribution in [1.82, 2.24) is 4.90 Å². The smallest absolute Gasteiger partial charge is 0.151 e. The Balaban J connectivity index is 1.75. The Morgan fingerprint density at radius 1 is 1.32 bits per heavy atom. The van der Waals surface area contributed by atoms with Crippen LogP contribution >= 0.6 is 0 Å². The lowest BCUT2D eigenvalue weighted by atomic mass is 10.2. The van der Waals surface area contributed by atoms with Gasteiger partial charge in [0.15, 0.2) is 9.84 Å².